The van der Waals surface area contributed by atoms with Crippen molar-refractivity contribution in [2.75, 3.05) is 13.7 Å². The summed E-state index contributed by atoms with van der Waals surface area (Å²) in [5.41, 5.74) is 0. The summed E-state index contributed by atoms with van der Waals surface area (Å²) in [6, 6.07) is 0.164. The molecule has 11 heavy (non-hydrogen) atoms. The van der Waals surface area contributed by atoms with E-state index in [9.17, 15) is 0 Å². The number of halogens is 1. The molecule has 0 saturated carbocycles. The van der Waals surface area contributed by atoms with E-state index in [0.717, 1.165) is 0 Å². The SMILES string of the molecule is CC#COCC(NC)C(C)Cl. The molecule has 0 aromatic carbocycles. The van der Waals surface area contributed by atoms with E-state index in [1.165, 1.54) is 0 Å². The molecule has 0 radical (unpaired) electrons. The minimum absolute atomic E-state index is 0.0543. The predicted molar refractivity (Wildman–Crippen MR) is 47.6 cm³/mol. The highest BCUT2D eigenvalue weighted by Gasteiger charge is 2.11. The van der Waals surface area contributed by atoms with Crippen molar-refractivity contribution in [3.05, 3.63) is 0 Å². The molecule has 0 aliphatic heterocycles. The molecule has 2 atom stereocenters. The smallest absolute Gasteiger partial charge is 0.117 e. The average Bonchev–Trinajstić information content (AvgIpc) is 1.97. The molecular formula is C8H14ClNO. The number of rotatable bonds is 4. The summed E-state index contributed by atoms with van der Waals surface area (Å²) in [4.78, 5) is 0. The minimum Gasteiger partial charge on any atom is -0.445 e. The van der Waals surface area contributed by atoms with Crippen LogP contribution in [-0.2, 0) is 4.74 Å². The summed E-state index contributed by atoms with van der Waals surface area (Å²) in [5.74, 6) is 2.64. The van der Waals surface area contributed by atoms with Crippen LogP contribution in [0, 0.1) is 12.0 Å². The van der Waals surface area contributed by atoms with Crippen molar-refractivity contribution in [1.82, 2.24) is 5.32 Å². The van der Waals surface area contributed by atoms with Gasteiger partial charge >= 0.3 is 0 Å². The topological polar surface area (TPSA) is 21.3 Å². The van der Waals surface area contributed by atoms with Gasteiger partial charge in [0.05, 0.1) is 6.04 Å². The molecule has 0 aliphatic carbocycles. The highest BCUT2D eigenvalue weighted by molar-refractivity contribution is 6.20. The molecule has 0 rings (SSSR count). The summed E-state index contributed by atoms with van der Waals surface area (Å²) >= 11 is 5.83. The number of hydrogen-bond acceptors (Lipinski definition) is 2. The Kier molecular flexibility index (Phi) is 6.10. The van der Waals surface area contributed by atoms with Crippen LogP contribution in [-0.4, -0.2) is 25.1 Å². The fourth-order valence-electron chi connectivity index (χ4n) is 0.649. The first kappa shape index (κ1) is 10.6. The maximum absolute atomic E-state index is 5.83. The van der Waals surface area contributed by atoms with Gasteiger partial charge in [-0.15, -0.1) is 11.6 Å². The molecule has 0 saturated heterocycles. The number of likely N-dealkylation sites (N-methyl/N-ethyl adjacent to an activating group) is 1. The molecule has 2 unspecified atom stereocenters. The number of ether oxygens (including phenoxy) is 1. The van der Waals surface area contributed by atoms with Crippen LogP contribution >= 0.6 is 11.6 Å². The first-order valence-electron chi connectivity index (χ1n) is 3.57. The van der Waals surface area contributed by atoms with Gasteiger partial charge in [0.15, 0.2) is 0 Å². The molecular weight excluding hydrogens is 162 g/mol. The van der Waals surface area contributed by atoms with Crippen molar-refractivity contribution >= 4 is 11.6 Å². The third kappa shape index (κ3) is 4.94. The van der Waals surface area contributed by atoms with E-state index in [1.807, 2.05) is 14.0 Å². The highest BCUT2D eigenvalue weighted by Crippen LogP contribution is 2.00. The minimum atomic E-state index is 0.0543. The summed E-state index contributed by atoms with van der Waals surface area (Å²) in [6.07, 6.45) is 2.52. The Morgan fingerprint density at radius 1 is 1.64 bits per heavy atom. The molecule has 1 N–H and O–H groups in total. The zero-order valence-electron chi connectivity index (χ0n) is 7.15. The second-order valence-corrected chi connectivity index (χ2v) is 2.92. The Bertz CT molecular complexity index is 148. The van der Waals surface area contributed by atoms with E-state index in [0.29, 0.717) is 6.61 Å². The Morgan fingerprint density at radius 3 is 2.64 bits per heavy atom. The van der Waals surface area contributed by atoms with Gasteiger partial charge in [0.25, 0.3) is 0 Å². The van der Waals surface area contributed by atoms with Crippen molar-refractivity contribution in [2.24, 2.45) is 0 Å². The molecule has 0 heterocycles. The summed E-state index contributed by atoms with van der Waals surface area (Å²) < 4.78 is 4.99. The van der Waals surface area contributed by atoms with Crippen molar-refractivity contribution in [3.63, 3.8) is 0 Å². The van der Waals surface area contributed by atoms with Crippen molar-refractivity contribution in [1.29, 1.82) is 0 Å². The third-order valence-electron chi connectivity index (χ3n) is 1.36. The maximum atomic E-state index is 5.83. The first-order chi connectivity index (χ1) is 5.22. The van der Waals surface area contributed by atoms with E-state index in [-0.39, 0.29) is 11.4 Å². The molecule has 0 bridgehead atoms. The van der Waals surface area contributed by atoms with Crippen LogP contribution in [0.4, 0.5) is 0 Å². The standard InChI is InChI=1S/C8H14ClNO/c1-4-5-11-6-8(10-3)7(2)9/h7-8,10H,6H2,1-3H3. The van der Waals surface area contributed by atoms with Gasteiger partial charge in [-0.1, -0.05) is 5.92 Å². The second-order valence-electron chi connectivity index (χ2n) is 2.24. The van der Waals surface area contributed by atoms with Crippen LogP contribution < -0.4 is 5.32 Å². The molecule has 0 aromatic heterocycles. The summed E-state index contributed by atoms with van der Waals surface area (Å²) in [5, 5.41) is 3.09. The van der Waals surface area contributed by atoms with Crippen LogP contribution in [0.1, 0.15) is 13.8 Å². The lowest BCUT2D eigenvalue weighted by Gasteiger charge is -2.16. The van der Waals surface area contributed by atoms with Crippen molar-refractivity contribution in [3.8, 4) is 12.0 Å². The summed E-state index contributed by atoms with van der Waals surface area (Å²) in [7, 11) is 1.85. The largest absolute Gasteiger partial charge is 0.445 e. The Morgan fingerprint density at radius 2 is 2.27 bits per heavy atom. The van der Waals surface area contributed by atoms with E-state index < -0.39 is 0 Å². The van der Waals surface area contributed by atoms with E-state index in [2.05, 4.69) is 17.3 Å². The molecule has 3 heteroatoms. The van der Waals surface area contributed by atoms with Gasteiger partial charge < -0.3 is 10.1 Å². The molecule has 0 fully saturated rings. The Hall–Kier alpha value is -0.390. The van der Waals surface area contributed by atoms with Gasteiger partial charge in [0.2, 0.25) is 0 Å². The quantitative estimate of drug-likeness (QED) is 0.512. The van der Waals surface area contributed by atoms with E-state index in [4.69, 9.17) is 16.3 Å². The molecule has 2 nitrogen and oxygen atoms in total. The van der Waals surface area contributed by atoms with Gasteiger partial charge in [-0.3, -0.25) is 0 Å². The first-order valence-corrected chi connectivity index (χ1v) is 4.01. The monoisotopic (exact) mass is 175 g/mol. The number of nitrogens with one attached hydrogen (secondary N) is 1. The van der Waals surface area contributed by atoms with Crippen LogP contribution in [0.5, 0.6) is 0 Å². The Labute approximate surface area is 73.3 Å². The van der Waals surface area contributed by atoms with Crippen LogP contribution in [0.15, 0.2) is 0 Å². The molecule has 64 valence electrons. The second kappa shape index (κ2) is 6.33. The van der Waals surface area contributed by atoms with Crippen LogP contribution in [0.2, 0.25) is 0 Å². The lowest BCUT2D eigenvalue weighted by atomic mass is 10.2. The normalized spacial score (nSPS) is 14.5. The van der Waals surface area contributed by atoms with Gasteiger partial charge in [-0.25, -0.2) is 0 Å². The van der Waals surface area contributed by atoms with Crippen molar-refractivity contribution in [2.45, 2.75) is 25.3 Å². The molecule has 0 amide bonds. The zero-order chi connectivity index (χ0) is 8.69. The zero-order valence-corrected chi connectivity index (χ0v) is 7.90. The van der Waals surface area contributed by atoms with E-state index >= 15 is 0 Å². The number of hydrogen-bond donors (Lipinski definition) is 1. The third-order valence-corrected chi connectivity index (χ3v) is 1.67. The van der Waals surface area contributed by atoms with Gasteiger partial charge in [0, 0.05) is 12.3 Å². The summed E-state index contributed by atoms with van der Waals surface area (Å²) in [6.45, 7) is 4.19. The van der Waals surface area contributed by atoms with Gasteiger partial charge in [-0.05, 0) is 14.0 Å². The van der Waals surface area contributed by atoms with Gasteiger partial charge in [-0.2, -0.15) is 0 Å². The lowest BCUT2D eigenvalue weighted by Crippen LogP contribution is -2.36. The molecule has 0 spiro atoms. The predicted octanol–water partition coefficient (Wildman–Crippen LogP) is 1.20. The number of alkyl halides is 1. The lowest BCUT2D eigenvalue weighted by molar-refractivity contribution is 0.235. The average molecular weight is 176 g/mol. The molecule has 0 aliphatic rings. The van der Waals surface area contributed by atoms with Gasteiger partial charge in [0.1, 0.15) is 12.7 Å². The maximum Gasteiger partial charge on any atom is 0.117 e. The highest BCUT2D eigenvalue weighted by atomic mass is 35.5. The van der Waals surface area contributed by atoms with Crippen molar-refractivity contribution < 1.29 is 4.74 Å². The Balaban J connectivity index is 3.58. The van der Waals surface area contributed by atoms with E-state index in [1.54, 1.807) is 6.92 Å². The fraction of sp³-hybridized carbons (Fsp3) is 0.750. The van der Waals surface area contributed by atoms with Crippen LogP contribution in [0.25, 0.3) is 0 Å². The fourth-order valence-corrected chi connectivity index (χ4v) is 0.848. The molecule has 0 aromatic rings. The van der Waals surface area contributed by atoms with Crippen LogP contribution in [0.3, 0.4) is 0 Å².